The Morgan fingerprint density at radius 2 is 1.48 bits per heavy atom. The highest BCUT2D eigenvalue weighted by Gasteiger charge is 2.09. The van der Waals surface area contributed by atoms with E-state index in [1.54, 1.807) is 36.4 Å². The van der Waals surface area contributed by atoms with Crippen molar-refractivity contribution in [3.05, 3.63) is 56.5 Å². The zero-order valence-electron chi connectivity index (χ0n) is 10.6. The molecule has 2 aromatic carbocycles. The molecule has 0 aromatic heterocycles. The Morgan fingerprint density at radius 3 is 2.05 bits per heavy atom. The van der Waals surface area contributed by atoms with Crippen LogP contribution in [0.15, 0.2) is 36.4 Å². The maximum absolute atomic E-state index is 11.8. The van der Waals surface area contributed by atoms with Gasteiger partial charge < -0.3 is 10.6 Å². The quantitative estimate of drug-likeness (QED) is 0.768. The summed E-state index contributed by atoms with van der Waals surface area (Å²) in [5.41, 5.74) is 1.12. The molecule has 0 aliphatic carbocycles. The molecule has 0 aliphatic rings. The summed E-state index contributed by atoms with van der Waals surface area (Å²) in [5.74, 6) is -0.237. The van der Waals surface area contributed by atoms with E-state index in [1.807, 2.05) is 0 Å². The smallest absolute Gasteiger partial charge is 0.243 e. The van der Waals surface area contributed by atoms with Gasteiger partial charge in [-0.1, -0.05) is 46.4 Å². The number of carbonyl (C=O) groups is 1. The predicted octanol–water partition coefficient (Wildman–Crippen LogP) is 5.35. The lowest BCUT2D eigenvalue weighted by Gasteiger charge is -2.11. The second-order valence-corrected chi connectivity index (χ2v) is 5.84. The van der Waals surface area contributed by atoms with Crippen molar-refractivity contribution in [2.24, 2.45) is 0 Å². The molecule has 0 heterocycles. The van der Waals surface area contributed by atoms with Crippen LogP contribution in [0, 0.1) is 0 Å². The minimum atomic E-state index is -0.237. The molecule has 0 aliphatic heterocycles. The average Bonchev–Trinajstić information content (AvgIpc) is 2.40. The van der Waals surface area contributed by atoms with Gasteiger partial charge in [-0.3, -0.25) is 4.79 Å². The summed E-state index contributed by atoms with van der Waals surface area (Å²) in [6.45, 7) is 0.0176. The van der Waals surface area contributed by atoms with Gasteiger partial charge in [0.15, 0.2) is 0 Å². The minimum Gasteiger partial charge on any atom is -0.374 e. The highest BCUT2D eigenvalue weighted by atomic mass is 35.5. The fourth-order valence-electron chi connectivity index (χ4n) is 1.62. The SMILES string of the molecule is O=C(CNc1c(Cl)cc(Cl)cc1Cl)Nc1ccc(Cl)cc1. The number of hydrogen-bond acceptors (Lipinski definition) is 2. The molecule has 110 valence electrons. The van der Waals surface area contributed by atoms with Crippen LogP contribution in [0.1, 0.15) is 0 Å². The molecule has 1 amide bonds. The molecule has 0 bridgehead atoms. The molecular formula is C14H10Cl4N2O. The number of halogens is 4. The first-order valence-electron chi connectivity index (χ1n) is 5.89. The summed E-state index contributed by atoms with van der Waals surface area (Å²) >= 11 is 23.6. The number of anilines is 2. The van der Waals surface area contributed by atoms with E-state index >= 15 is 0 Å². The van der Waals surface area contributed by atoms with Gasteiger partial charge in [-0.05, 0) is 36.4 Å². The van der Waals surface area contributed by atoms with Crippen molar-refractivity contribution in [2.75, 3.05) is 17.2 Å². The second-order valence-electron chi connectivity index (χ2n) is 4.15. The number of amides is 1. The van der Waals surface area contributed by atoms with Gasteiger partial charge in [-0.25, -0.2) is 0 Å². The van der Waals surface area contributed by atoms with Gasteiger partial charge in [0.25, 0.3) is 0 Å². The Kier molecular flexibility index (Phi) is 5.59. The lowest BCUT2D eigenvalue weighted by atomic mass is 10.3. The number of rotatable bonds is 4. The van der Waals surface area contributed by atoms with Crippen LogP contribution < -0.4 is 10.6 Å². The minimum absolute atomic E-state index is 0.0176. The summed E-state index contributed by atoms with van der Waals surface area (Å²) < 4.78 is 0. The van der Waals surface area contributed by atoms with Crippen LogP contribution in [0.4, 0.5) is 11.4 Å². The number of nitrogens with one attached hydrogen (secondary N) is 2. The molecule has 2 N–H and O–H groups in total. The Bertz CT molecular complexity index is 636. The Morgan fingerprint density at radius 1 is 0.905 bits per heavy atom. The molecule has 3 nitrogen and oxygen atoms in total. The standard InChI is InChI=1S/C14H10Cl4N2O/c15-8-1-3-10(4-2-8)20-13(21)7-19-14-11(17)5-9(16)6-12(14)18/h1-6,19H,7H2,(H,20,21). The van der Waals surface area contributed by atoms with E-state index in [0.717, 1.165) is 0 Å². The summed E-state index contributed by atoms with van der Waals surface area (Å²) in [4.78, 5) is 11.8. The first-order chi connectivity index (χ1) is 9.95. The van der Waals surface area contributed by atoms with Gasteiger partial charge in [0, 0.05) is 15.7 Å². The lowest BCUT2D eigenvalue weighted by Crippen LogP contribution is -2.21. The second kappa shape index (κ2) is 7.23. The normalized spacial score (nSPS) is 10.3. The molecule has 21 heavy (non-hydrogen) atoms. The third-order valence-electron chi connectivity index (χ3n) is 2.56. The fraction of sp³-hybridized carbons (Fsp3) is 0.0714. The van der Waals surface area contributed by atoms with Crippen molar-refractivity contribution in [3.8, 4) is 0 Å². The van der Waals surface area contributed by atoms with Crippen LogP contribution in [0.25, 0.3) is 0 Å². The molecule has 2 aromatic rings. The molecule has 0 radical (unpaired) electrons. The number of carbonyl (C=O) groups excluding carboxylic acids is 1. The van der Waals surface area contributed by atoms with Crippen molar-refractivity contribution in [3.63, 3.8) is 0 Å². The molecule has 0 atom stereocenters. The molecule has 0 unspecified atom stereocenters. The molecule has 0 saturated carbocycles. The van der Waals surface area contributed by atoms with Crippen molar-refractivity contribution in [1.82, 2.24) is 0 Å². The fourth-order valence-corrected chi connectivity index (χ4v) is 2.69. The zero-order chi connectivity index (χ0) is 15.4. The molecule has 0 spiro atoms. The van der Waals surface area contributed by atoms with Crippen LogP contribution in [0.3, 0.4) is 0 Å². The van der Waals surface area contributed by atoms with Crippen LogP contribution in [0.5, 0.6) is 0 Å². The lowest BCUT2D eigenvalue weighted by molar-refractivity contribution is -0.114. The summed E-state index contributed by atoms with van der Waals surface area (Å²) in [6, 6.07) is 9.91. The molecule has 7 heteroatoms. The van der Waals surface area contributed by atoms with Gasteiger partial charge in [-0.2, -0.15) is 0 Å². The predicted molar refractivity (Wildman–Crippen MR) is 90.0 cm³/mol. The highest BCUT2D eigenvalue weighted by Crippen LogP contribution is 2.33. The maximum atomic E-state index is 11.8. The van der Waals surface area contributed by atoms with Crippen molar-refractivity contribution in [2.45, 2.75) is 0 Å². The van der Waals surface area contributed by atoms with Gasteiger partial charge >= 0.3 is 0 Å². The Balaban J connectivity index is 1.97. The van der Waals surface area contributed by atoms with E-state index < -0.39 is 0 Å². The number of benzene rings is 2. The Labute approximate surface area is 142 Å². The van der Waals surface area contributed by atoms with E-state index in [9.17, 15) is 4.79 Å². The van der Waals surface area contributed by atoms with Crippen LogP contribution in [-0.4, -0.2) is 12.5 Å². The van der Waals surface area contributed by atoms with Gasteiger partial charge in [0.05, 0.1) is 22.3 Å². The Hall–Kier alpha value is -1.13. The molecule has 2 rings (SSSR count). The first-order valence-corrected chi connectivity index (χ1v) is 7.41. The summed E-state index contributed by atoms with van der Waals surface area (Å²) in [6.07, 6.45) is 0. The van der Waals surface area contributed by atoms with E-state index in [-0.39, 0.29) is 12.5 Å². The van der Waals surface area contributed by atoms with Crippen LogP contribution in [-0.2, 0) is 4.79 Å². The zero-order valence-corrected chi connectivity index (χ0v) is 13.6. The van der Waals surface area contributed by atoms with E-state index in [1.165, 1.54) is 0 Å². The van der Waals surface area contributed by atoms with E-state index in [0.29, 0.717) is 31.5 Å². The van der Waals surface area contributed by atoms with Crippen LogP contribution >= 0.6 is 46.4 Å². The van der Waals surface area contributed by atoms with Crippen molar-refractivity contribution < 1.29 is 4.79 Å². The van der Waals surface area contributed by atoms with Gasteiger partial charge in [-0.15, -0.1) is 0 Å². The largest absolute Gasteiger partial charge is 0.374 e. The third kappa shape index (κ3) is 4.68. The highest BCUT2D eigenvalue weighted by molar-refractivity contribution is 6.41. The third-order valence-corrected chi connectivity index (χ3v) is 3.63. The molecule has 0 saturated heterocycles. The van der Waals surface area contributed by atoms with Crippen molar-refractivity contribution >= 4 is 63.7 Å². The summed E-state index contributed by atoms with van der Waals surface area (Å²) in [5, 5.41) is 7.34. The molecule has 0 fully saturated rings. The monoisotopic (exact) mass is 362 g/mol. The number of hydrogen-bond donors (Lipinski definition) is 2. The topological polar surface area (TPSA) is 41.1 Å². The van der Waals surface area contributed by atoms with Gasteiger partial charge in [0.2, 0.25) is 5.91 Å². The summed E-state index contributed by atoms with van der Waals surface area (Å²) in [7, 11) is 0. The van der Waals surface area contributed by atoms with Crippen molar-refractivity contribution in [1.29, 1.82) is 0 Å². The van der Waals surface area contributed by atoms with Gasteiger partial charge in [0.1, 0.15) is 0 Å². The van der Waals surface area contributed by atoms with E-state index in [4.69, 9.17) is 46.4 Å². The first kappa shape index (κ1) is 16.2. The average molecular weight is 364 g/mol. The molecular weight excluding hydrogens is 354 g/mol. The van der Waals surface area contributed by atoms with Crippen LogP contribution in [0.2, 0.25) is 20.1 Å². The maximum Gasteiger partial charge on any atom is 0.243 e. The van der Waals surface area contributed by atoms with E-state index in [2.05, 4.69) is 10.6 Å².